The summed E-state index contributed by atoms with van der Waals surface area (Å²) in [6.45, 7) is 1.91. The lowest BCUT2D eigenvalue weighted by atomic mass is 10.00. The molecule has 0 aliphatic carbocycles. The third kappa shape index (κ3) is 5.40. The molecule has 3 nitrogen and oxygen atoms in total. The first-order valence-corrected chi connectivity index (χ1v) is 8.86. The molecule has 0 heterocycles. The van der Waals surface area contributed by atoms with Gasteiger partial charge in [-0.3, -0.25) is 0 Å². The summed E-state index contributed by atoms with van der Waals surface area (Å²) in [6.07, 6.45) is 0.179. The van der Waals surface area contributed by atoms with Gasteiger partial charge in [-0.05, 0) is 56.0 Å². The smallest absolute Gasteiger partial charge is 0.338 e. The fourth-order valence-corrected chi connectivity index (χ4v) is 3.37. The van der Waals surface area contributed by atoms with Crippen LogP contribution in [0.4, 0.5) is 8.78 Å². The summed E-state index contributed by atoms with van der Waals surface area (Å²) >= 11 is 12.3. The first-order chi connectivity index (χ1) is 12.3. The zero-order valence-corrected chi connectivity index (χ0v) is 15.6. The number of hydrogen-bond donors (Lipinski definition) is 1. The van der Waals surface area contributed by atoms with Gasteiger partial charge >= 0.3 is 5.97 Å². The number of esters is 1. The molecule has 0 aliphatic heterocycles. The third-order valence-electron chi connectivity index (χ3n) is 3.79. The van der Waals surface area contributed by atoms with Crippen LogP contribution < -0.4 is 0 Å². The van der Waals surface area contributed by atoms with Crippen LogP contribution in [0.15, 0.2) is 30.3 Å². The molecule has 0 radical (unpaired) electrons. The molecule has 0 aliphatic rings. The number of aliphatic hydroxyl groups is 1. The van der Waals surface area contributed by atoms with Crippen molar-refractivity contribution in [2.24, 2.45) is 0 Å². The molecular formula is C19H18Cl2F2O3. The van der Waals surface area contributed by atoms with Gasteiger partial charge in [-0.2, -0.15) is 0 Å². The van der Waals surface area contributed by atoms with Crippen LogP contribution in [0.5, 0.6) is 0 Å². The van der Waals surface area contributed by atoms with Crippen LogP contribution >= 0.6 is 23.2 Å². The van der Waals surface area contributed by atoms with E-state index in [1.54, 1.807) is 6.92 Å². The lowest BCUT2D eigenvalue weighted by Gasteiger charge is -2.16. The van der Waals surface area contributed by atoms with Gasteiger partial charge in [0.2, 0.25) is 0 Å². The second kappa shape index (κ2) is 9.31. The van der Waals surface area contributed by atoms with E-state index in [0.29, 0.717) is 24.0 Å². The van der Waals surface area contributed by atoms with E-state index < -0.39 is 23.7 Å². The summed E-state index contributed by atoms with van der Waals surface area (Å²) in [5, 5.41) is 10.7. The number of hydrogen-bond acceptors (Lipinski definition) is 3. The first kappa shape index (κ1) is 20.6. The second-order valence-electron chi connectivity index (χ2n) is 5.76. The Kier molecular flexibility index (Phi) is 7.38. The summed E-state index contributed by atoms with van der Waals surface area (Å²) in [4.78, 5) is 11.8. The van der Waals surface area contributed by atoms with Gasteiger partial charge < -0.3 is 9.84 Å². The standard InChI is InChI=1S/C19H18Cl2F2O3/c1-2-26-19(25)12-8-15(20)18(16(21)9-12)17(24)5-3-4-11-6-13(22)10-14(23)7-11/h6-10,17,24H,2-5H2,1H3. The van der Waals surface area contributed by atoms with Gasteiger partial charge in [0.15, 0.2) is 0 Å². The number of aryl methyl sites for hydroxylation is 1. The lowest BCUT2D eigenvalue weighted by Crippen LogP contribution is -2.07. The summed E-state index contributed by atoms with van der Waals surface area (Å²) in [6, 6.07) is 6.11. The third-order valence-corrected chi connectivity index (χ3v) is 4.41. The van der Waals surface area contributed by atoms with Gasteiger partial charge in [-0.1, -0.05) is 23.2 Å². The fourth-order valence-electron chi connectivity index (χ4n) is 2.63. The number of halogens is 4. The number of ether oxygens (including phenoxy) is 1. The molecule has 0 amide bonds. The molecular weight excluding hydrogens is 385 g/mol. The first-order valence-electron chi connectivity index (χ1n) is 8.11. The Hall–Kier alpha value is -1.69. The van der Waals surface area contributed by atoms with Crippen molar-refractivity contribution in [1.82, 2.24) is 0 Å². The predicted molar refractivity (Wildman–Crippen MR) is 96.7 cm³/mol. The predicted octanol–water partition coefficient (Wildman–Crippen LogP) is 5.50. The van der Waals surface area contributed by atoms with Crippen molar-refractivity contribution >= 4 is 29.2 Å². The monoisotopic (exact) mass is 402 g/mol. The Morgan fingerprint density at radius 2 is 1.69 bits per heavy atom. The van der Waals surface area contributed by atoms with E-state index in [1.807, 2.05) is 0 Å². The van der Waals surface area contributed by atoms with Crippen molar-refractivity contribution < 1.29 is 23.4 Å². The normalized spacial score (nSPS) is 12.1. The molecule has 26 heavy (non-hydrogen) atoms. The Morgan fingerprint density at radius 3 is 2.23 bits per heavy atom. The highest BCUT2D eigenvalue weighted by Gasteiger charge is 2.19. The quantitative estimate of drug-likeness (QED) is 0.621. The minimum Gasteiger partial charge on any atom is -0.462 e. The number of aliphatic hydroxyl groups excluding tert-OH is 1. The van der Waals surface area contributed by atoms with Crippen LogP contribution in [-0.2, 0) is 11.2 Å². The van der Waals surface area contributed by atoms with Gasteiger partial charge in [-0.15, -0.1) is 0 Å². The van der Waals surface area contributed by atoms with Crippen molar-refractivity contribution in [1.29, 1.82) is 0 Å². The van der Waals surface area contributed by atoms with Crippen LogP contribution in [0.2, 0.25) is 10.0 Å². The number of carbonyl (C=O) groups excluding carboxylic acids is 1. The molecule has 0 bridgehead atoms. The van der Waals surface area contributed by atoms with E-state index in [-0.39, 0.29) is 28.6 Å². The molecule has 7 heteroatoms. The lowest BCUT2D eigenvalue weighted by molar-refractivity contribution is 0.0526. The van der Waals surface area contributed by atoms with E-state index in [1.165, 1.54) is 24.3 Å². The van der Waals surface area contributed by atoms with Crippen LogP contribution in [0.3, 0.4) is 0 Å². The van der Waals surface area contributed by atoms with Crippen molar-refractivity contribution in [2.45, 2.75) is 32.3 Å². The van der Waals surface area contributed by atoms with E-state index in [9.17, 15) is 18.7 Å². The maximum atomic E-state index is 13.2. The van der Waals surface area contributed by atoms with E-state index >= 15 is 0 Å². The minimum absolute atomic E-state index is 0.157. The van der Waals surface area contributed by atoms with Crippen molar-refractivity contribution in [2.75, 3.05) is 6.61 Å². The van der Waals surface area contributed by atoms with E-state index in [4.69, 9.17) is 27.9 Å². The maximum absolute atomic E-state index is 13.2. The highest BCUT2D eigenvalue weighted by Crippen LogP contribution is 2.34. The fraction of sp³-hybridized carbons (Fsp3) is 0.316. The van der Waals surface area contributed by atoms with Crippen LogP contribution in [-0.4, -0.2) is 17.7 Å². The van der Waals surface area contributed by atoms with Gasteiger partial charge in [-0.25, -0.2) is 13.6 Å². The largest absolute Gasteiger partial charge is 0.462 e. The Labute approximate surface area is 160 Å². The summed E-state index contributed by atoms with van der Waals surface area (Å²) in [5.74, 6) is -1.83. The molecule has 0 saturated heterocycles. The topological polar surface area (TPSA) is 46.5 Å². The van der Waals surface area contributed by atoms with E-state index in [2.05, 4.69) is 0 Å². The van der Waals surface area contributed by atoms with Gasteiger partial charge in [0.05, 0.1) is 18.3 Å². The zero-order valence-electron chi connectivity index (χ0n) is 14.1. The Morgan fingerprint density at radius 1 is 1.12 bits per heavy atom. The van der Waals surface area contributed by atoms with Crippen molar-refractivity contribution in [3.8, 4) is 0 Å². The molecule has 1 unspecified atom stereocenters. The van der Waals surface area contributed by atoms with Gasteiger partial charge in [0.25, 0.3) is 0 Å². The van der Waals surface area contributed by atoms with Crippen LogP contribution in [0.1, 0.15) is 47.4 Å². The second-order valence-corrected chi connectivity index (χ2v) is 6.57. The molecule has 0 aromatic heterocycles. The van der Waals surface area contributed by atoms with E-state index in [0.717, 1.165) is 6.07 Å². The highest BCUT2D eigenvalue weighted by atomic mass is 35.5. The summed E-state index contributed by atoms with van der Waals surface area (Å²) in [5.41, 5.74) is 1.02. The van der Waals surface area contributed by atoms with Crippen LogP contribution in [0, 0.1) is 11.6 Å². The van der Waals surface area contributed by atoms with Crippen molar-refractivity contribution in [3.05, 3.63) is 68.7 Å². The molecule has 1 atom stereocenters. The number of rotatable bonds is 7. The minimum atomic E-state index is -0.968. The SMILES string of the molecule is CCOC(=O)c1cc(Cl)c(C(O)CCCc2cc(F)cc(F)c2)c(Cl)c1. The number of carbonyl (C=O) groups is 1. The van der Waals surface area contributed by atoms with Crippen molar-refractivity contribution in [3.63, 3.8) is 0 Å². The van der Waals surface area contributed by atoms with Gasteiger partial charge in [0, 0.05) is 21.7 Å². The summed E-state index contributed by atoms with van der Waals surface area (Å²) in [7, 11) is 0. The molecule has 0 spiro atoms. The number of benzene rings is 2. The molecule has 2 aromatic carbocycles. The van der Waals surface area contributed by atoms with Gasteiger partial charge in [0.1, 0.15) is 11.6 Å². The molecule has 1 N–H and O–H groups in total. The maximum Gasteiger partial charge on any atom is 0.338 e. The molecule has 2 rings (SSSR count). The molecule has 0 saturated carbocycles. The molecule has 140 valence electrons. The van der Waals surface area contributed by atoms with Crippen LogP contribution in [0.25, 0.3) is 0 Å². The average Bonchev–Trinajstić information content (AvgIpc) is 2.53. The highest BCUT2D eigenvalue weighted by molar-refractivity contribution is 6.36. The molecule has 0 fully saturated rings. The Bertz CT molecular complexity index is 753. The Balaban J connectivity index is 2.04. The average molecular weight is 403 g/mol. The molecule has 2 aromatic rings. The summed E-state index contributed by atoms with van der Waals surface area (Å²) < 4.78 is 31.3. The zero-order chi connectivity index (χ0) is 19.3.